The molecule has 5 nitrogen and oxygen atoms in total. The minimum Gasteiger partial charge on any atom is -0.339 e. The van der Waals surface area contributed by atoms with Crippen LogP contribution in [0.25, 0.3) is 16.6 Å². The van der Waals surface area contributed by atoms with Crippen LogP contribution in [-0.4, -0.2) is 46.7 Å². The van der Waals surface area contributed by atoms with Crippen molar-refractivity contribution >= 4 is 16.9 Å². The van der Waals surface area contributed by atoms with Gasteiger partial charge in [-0.3, -0.25) is 9.69 Å². The first-order chi connectivity index (χ1) is 14.7. The van der Waals surface area contributed by atoms with Crippen LogP contribution >= 0.6 is 0 Å². The fourth-order valence-electron chi connectivity index (χ4n) is 4.31. The van der Waals surface area contributed by atoms with Crippen LogP contribution in [0.2, 0.25) is 0 Å². The van der Waals surface area contributed by atoms with Gasteiger partial charge in [0.2, 0.25) is 5.95 Å². The molecule has 2 aliphatic rings. The van der Waals surface area contributed by atoms with E-state index in [4.69, 9.17) is 0 Å². The van der Waals surface area contributed by atoms with Gasteiger partial charge in [0.05, 0.1) is 22.2 Å². The quantitative estimate of drug-likeness (QED) is 0.578. The third-order valence-electron chi connectivity index (χ3n) is 6.38. The maximum atomic E-state index is 13.8. The normalized spacial score (nSPS) is 18.7. The molecular formula is C22H20F4N4O. The molecule has 31 heavy (non-hydrogen) atoms. The molecule has 1 saturated heterocycles. The number of alkyl halides is 3. The van der Waals surface area contributed by atoms with E-state index in [1.165, 1.54) is 34.9 Å². The van der Waals surface area contributed by atoms with Crippen molar-refractivity contribution in [2.75, 3.05) is 31.6 Å². The third-order valence-corrected chi connectivity index (χ3v) is 6.38. The van der Waals surface area contributed by atoms with Crippen LogP contribution in [0.4, 0.5) is 23.5 Å². The molecule has 0 amide bonds. The molecule has 0 atom stereocenters. The van der Waals surface area contributed by atoms with Crippen molar-refractivity contribution in [2.45, 2.75) is 24.6 Å². The van der Waals surface area contributed by atoms with Gasteiger partial charge >= 0.3 is 6.18 Å². The average Bonchev–Trinajstić information content (AvgIpc) is 3.49. The second-order valence-corrected chi connectivity index (χ2v) is 8.33. The summed E-state index contributed by atoms with van der Waals surface area (Å²) in [6, 6.07) is 8.19. The van der Waals surface area contributed by atoms with Crippen molar-refractivity contribution in [3.63, 3.8) is 0 Å². The zero-order valence-electron chi connectivity index (χ0n) is 16.8. The zero-order chi connectivity index (χ0) is 22.0. The molecule has 3 aromatic rings. The highest BCUT2D eigenvalue weighted by molar-refractivity contribution is 5.79. The standard InChI is InChI=1S/C22H20F4N4O/c1-28-10-11-29(13-21(28)8-9-21)20-27-18-12-15(23)4-7-17(18)19(31)30(20)16-5-2-14(3-6-16)22(24,25)26/h2-7,12H,8-11,13H2,1H3. The van der Waals surface area contributed by atoms with Crippen LogP contribution < -0.4 is 10.5 Å². The molecule has 0 unspecified atom stereocenters. The Morgan fingerprint density at radius 3 is 2.39 bits per heavy atom. The Morgan fingerprint density at radius 1 is 1.03 bits per heavy atom. The number of likely N-dealkylation sites (N-methyl/N-ethyl adjacent to an activating group) is 1. The number of nitrogens with zero attached hydrogens (tertiary/aromatic N) is 4. The van der Waals surface area contributed by atoms with E-state index in [9.17, 15) is 22.4 Å². The summed E-state index contributed by atoms with van der Waals surface area (Å²) < 4.78 is 54.2. The topological polar surface area (TPSA) is 41.4 Å². The lowest BCUT2D eigenvalue weighted by molar-refractivity contribution is -0.137. The number of rotatable bonds is 2. The molecule has 2 aromatic carbocycles. The third kappa shape index (κ3) is 3.37. The fourth-order valence-corrected chi connectivity index (χ4v) is 4.31. The first-order valence-corrected chi connectivity index (χ1v) is 10.0. The minimum absolute atomic E-state index is 0.0256. The number of piperazine rings is 1. The Bertz CT molecular complexity index is 1220. The van der Waals surface area contributed by atoms with Gasteiger partial charge in [0.25, 0.3) is 5.56 Å². The number of hydrogen-bond donors (Lipinski definition) is 0. The van der Waals surface area contributed by atoms with E-state index in [1.54, 1.807) is 0 Å². The fraction of sp³-hybridized carbons (Fsp3) is 0.364. The molecule has 1 saturated carbocycles. The van der Waals surface area contributed by atoms with E-state index in [1.807, 2.05) is 4.90 Å². The number of benzene rings is 2. The molecular weight excluding hydrogens is 412 g/mol. The van der Waals surface area contributed by atoms with Crippen LogP contribution in [0, 0.1) is 5.82 Å². The molecule has 9 heteroatoms. The number of halogens is 4. The Balaban J connectivity index is 1.69. The molecule has 0 N–H and O–H groups in total. The number of fused-ring (bicyclic) bond motifs is 1. The van der Waals surface area contributed by atoms with Crippen molar-refractivity contribution in [1.29, 1.82) is 0 Å². The zero-order valence-corrected chi connectivity index (χ0v) is 16.8. The Labute approximate surface area is 175 Å². The summed E-state index contributed by atoms with van der Waals surface area (Å²) in [5.74, 6) is -0.183. The highest BCUT2D eigenvalue weighted by Crippen LogP contribution is 2.44. The molecule has 1 aromatic heterocycles. The second kappa shape index (κ2) is 6.78. The predicted molar refractivity (Wildman–Crippen MR) is 109 cm³/mol. The number of anilines is 1. The largest absolute Gasteiger partial charge is 0.416 e. The van der Waals surface area contributed by atoms with E-state index in [0.717, 1.165) is 31.5 Å². The van der Waals surface area contributed by atoms with Crippen molar-refractivity contribution in [1.82, 2.24) is 14.5 Å². The van der Waals surface area contributed by atoms with Gasteiger partial charge in [0.1, 0.15) is 5.82 Å². The molecule has 2 heterocycles. The molecule has 1 aliphatic carbocycles. The summed E-state index contributed by atoms with van der Waals surface area (Å²) in [5, 5.41) is 0.209. The van der Waals surface area contributed by atoms with E-state index in [0.29, 0.717) is 19.0 Å². The van der Waals surface area contributed by atoms with E-state index in [2.05, 4.69) is 16.9 Å². The molecule has 1 aliphatic heterocycles. The van der Waals surface area contributed by atoms with Crippen LogP contribution in [-0.2, 0) is 6.18 Å². The molecule has 162 valence electrons. The maximum absolute atomic E-state index is 13.8. The van der Waals surface area contributed by atoms with Crippen molar-refractivity contribution < 1.29 is 17.6 Å². The molecule has 1 spiro atoms. The lowest BCUT2D eigenvalue weighted by Crippen LogP contribution is -2.54. The van der Waals surface area contributed by atoms with E-state index in [-0.39, 0.29) is 22.1 Å². The van der Waals surface area contributed by atoms with Gasteiger partial charge in [-0.1, -0.05) is 0 Å². The highest BCUT2D eigenvalue weighted by Gasteiger charge is 2.50. The van der Waals surface area contributed by atoms with Crippen molar-refractivity contribution in [3.8, 4) is 5.69 Å². The summed E-state index contributed by atoms with van der Waals surface area (Å²) in [6.07, 6.45) is -2.40. The van der Waals surface area contributed by atoms with Gasteiger partial charge < -0.3 is 4.90 Å². The Morgan fingerprint density at radius 2 is 1.74 bits per heavy atom. The smallest absolute Gasteiger partial charge is 0.339 e. The van der Waals surface area contributed by atoms with Crippen molar-refractivity contribution in [3.05, 3.63) is 64.2 Å². The molecule has 0 bridgehead atoms. The molecule has 0 radical (unpaired) electrons. The van der Waals surface area contributed by atoms with Gasteiger partial charge in [0.15, 0.2) is 0 Å². The van der Waals surface area contributed by atoms with Crippen molar-refractivity contribution in [2.24, 2.45) is 0 Å². The SMILES string of the molecule is CN1CCN(c2nc3cc(F)ccc3c(=O)n2-c2ccc(C(F)(F)F)cc2)CC12CC2. The van der Waals surface area contributed by atoms with Crippen LogP contribution in [0.1, 0.15) is 18.4 Å². The van der Waals surface area contributed by atoms with Crippen LogP contribution in [0.3, 0.4) is 0 Å². The first-order valence-electron chi connectivity index (χ1n) is 10.0. The molecule has 5 rings (SSSR count). The maximum Gasteiger partial charge on any atom is 0.416 e. The summed E-state index contributed by atoms with van der Waals surface area (Å²) in [7, 11) is 2.07. The number of aromatic nitrogens is 2. The van der Waals surface area contributed by atoms with Gasteiger partial charge in [0, 0.05) is 31.2 Å². The van der Waals surface area contributed by atoms with Crippen LogP contribution in [0.15, 0.2) is 47.3 Å². The summed E-state index contributed by atoms with van der Waals surface area (Å²) in [5.41, 5.74) is -0.693. The summed E-state index contributed by atoms with van der Waals surface area (Å²) in [4.78, 5) is 22.2. The monoisotopic (exact) mass is 432 g/mol. The second-order valence-electron chi connectivity index (χ2n) is 8.33. The van der Waals surface area contributed by atoms with Gasteiger partial charge in [-0.2, -0.15) is 13.2 Å². The molecule has 2 fully saturated rings. The van der Waals surface area contributed by atoms with Gasteiger partial charge in [-0.25, -0.2) is 13.9 Å². The van der Waals surface area contributed by atoms with Gasteiger partial charge in [-0.05, 0) is 56.3 Å². The number of hydrogen-bond acceptors (Lipinski definition) is 4. The van der Waals surface area contributed by atoms with Crippen LogP contribution in [0.5, 0.6) is 0 Å². The minimum atomic E-state index is -4.47. The average molecular weight is 432 g/mol. The summed E-state index contributed by atoms with van der Waals surface area (Å²) in [6.45, 7) is 2.02. The highest BCUT2D eigenvalue weighted by atomic mass is 19.4. The van der Waals surface area contributed by atoms with Gasteiger partial charge in [-0.15, -0.1) is 0 Å². The van der Waals surface area contributed by atoms with E-state index < -0.39 is 23.1 Å². The Hall–Kier alpha value is -2.94. The lowest BCUT2D eigenvalue weighted by Gasteiger charge is -2.41. The lowest BCUT2D eigenvalue weighted by atomic mass is 10.1. The Kier molecular flexibility index (Phi) is 4.37. The summed E-state index contributed by atoms with van der Waals surface area (Å²) >= 11 is 0. The predicted octanol–water partition coefficient (Wildman–Crippen LogP) is 3.83. The van der Waals surface area contributed by atoms with E-state index >= 15 is 0 Å². The first kappa shape index (κ1) is 20.0.